The fraction of sp³-hybridized carbons (Fsp3) is 0.929. The minimum absolute atomic E-state index is 0.319. The molecule has 0 aliphatic carbocycles. The van der Waals surface area contributed by atoms with E-state index in [4.69, 9.17) is 5.11 Å². The van der Waals surface area contributed by atoms with E-state index in [1.807, 2.05) is 0 Å². The second-order valence-electron chi connectivity index (χ2n) is 6.00. The molecule has 104 valence electrons. The maximum Gasteiger partial charge on any atom is 0.303 e. The minimum atomic E-state index is -0.655. The van der Waals surface area contributed by atoms with Gasteiger partial charge in [-0.2, -0.15) is 0 Å². The monoisotopic (exact) mass is 254 g/mol. The van der Waals surface area contributed by atoms with Crippen molar-refractivity contribution in [2.24, 2.45) is 0 Å². The fourth-order valence-electron chi connectivity index (χ4n) is 3.50. The van der Waals surface area contributed by atoms with E-state index in [1.165, 1.54) is 25.7 Å². The van der Waals surface area contributed by atoms with E-state index in [9.17, 15) is 4.79 Å². The van der Waals surface area contributed by atoms with Crippen LogP contribution in [0.25, 0.3) is 0 Å². The molecule has 18 heavy (non-hydrogen) atoms. The molecule has 0 aromatic carbocycles. The van der Waals surface area contributed by atoms with Crippen molar-refractivity contribution in [3.8, 4) is 0 Å². The van der Waals surface area contributed by atoms with Crippen molar-refractivity contribution in [2.75, 3.05) is 20.1 Å². The van der Waals surface area contributed by atoms with Crippen LogP contribution in [0, 0.1) is 0 Å². The zero-order valence-corrected chi connectivity index (χ0v) is 11.6. The lowest BCUT2D eigenvalue weighted by molar-refractivity contribution is -0.137. The van der Waals surface area contributed by atoms with Crippen LogP contribution >= 0.6 is 0 Å². The molecule has 0 amide bonds. The van der Waals surface area contributed by atoms with E-state index >= 15 is 0 Å². The molecule has 0 saturated carbocycles. The summed E-state index contributed by atoms with van der Waals surface area (Å²) in [6.07, 6.45) is 6.10. The highest BCUT2D eigenvalue weighted by Crippen LogP contribution is 2.28. The number of nitrogens with zero attached hydrogens (tertiary/aromatic N) is 2. The molecule has 0 aromatic heterocycles. The highest BCUT2D eigenvalue weighted by Gasteiger charge is 2.35. The van der Waals surface area contributed by atoms with E-state index in [-0.39, 0.29) is 0 Å². The molecule has 0 radical (unpaired) electrons. The molecule has 2 fully saturated rings. The number of likely N-dealkylation sites (N-methyl/N-ethyl adjacent to an activating group) is 1. The topological polar surface area (TPSA) is 43.8 Å². The third kappa shape index (κ3) is 3.23. The van der Waals surface area contributed by atoms with Gasteiger partial charge in [0.2, 0.25) is 0 Å². The average molecular weight is 254 g/mol. The Labute approximate surface area is 110 Å². The van der Waals surface area contributed by atoms with Gasteiger partial charge < -0.3 is 10.0 Å². The molecule has 0 aromatic rings. The smallest absolute Gasteiger partial charge is 0.303 e. The lowest BCUT2D eigenvalue weighted by Gasteiger charge is -2.39. The number of hydrogen-bond acceptors (Lipinski definition) is 3. The van der Waals surface area contributed by atoms with Crippen molar-refractivity contribution in [3.63, 3.8) is 0 Å². The highest BCUT2D eigenvalue weighted by atomic mass is 16.4. The molecule has 2 rings (SSSR count). The first-order valence-electron chi connectivity index (χ1n) is 7.25. The summed E-state index contributed by atoms with van der Waals surface area (Å²) in [5.74, 6) is -0.655. The second-order valence-corrected chi connectivity index (χ2v) is 6.00. The molecule has 4 nitrogen and oxygen atoms in total. The molecule has 4 heteroatoms. The number of rotatable bonds is 4. The van der Waals surface area contributed by atoms with Gasteiger partial charge in [-0.15, -0.1) is 0 Å². The third-order valence-corrected chi connectivity index (χ3v) is 4.70. The van der Waals surface area contributed by atoms with Crippen LogP contribution in [0.1, 0.15) is 45.4 Å². The summed E-state index contributed by atoms with van der Waals surface area (Å²) in [5.41, 5.74) is 0. The third-order valence-electron chi connectivity index (χ3n) is 4.70. The van der Waals surface area contributed by atoms with Gasteiger partial charge in [0.25, 0.3) is 0 Å². The number of carboxylic acid groups (broad SMARTS) is 1. The fourth-order valence-corrected chi connectivity index (χ4v) is 3.50. The maximum atomic E-state index is 10.7. The first-order chi connectivity index (χ1) is 8.58. The minimum Gasteiger partial charge on any atom is -0.481 e. The van der Waals surface area contributed by atoms with Gasteiger partial charge in [-0.3, -0.25) is 9.69 Å². The van der Waals surface area contributed by atoms with Gasteiger partial charge in [0.05, 0.1) is 0 Å². The standard InChI is InChI=1S/C14H26N2O2/c1-11-9-13(10-15(11)2)16-8-4-3-5-12(16)6-7-14(17)18/h11-13H,3-10H2,1-2H3,(H,17,18). The van der Waals surface area contributed by atoms with E-state index in [0.717, 1.165) is 19.5 Å². The van der Waals surface area contributed by atoms with Crippen molar-refractivity contribution in [1.29, 1.82) is 0 Å². The van der Waals surface area contributed by atoms with Gasteiger partial charge in [-0.05, 0) is 46.2 Å². The molecule has 3 unspecified atom stereocenters. The molecular weight excluding hydrogens is 228 g/mol. The summed E-state index contributed by atoms with van der Waals surface area (Å²) < 4.78 is 0. The first kappa shape index (κ1) is 13.8. The number of carbonyl (C=O) groups is 1. The Bertz CT molecular complexity index is 286. The van der Waals surface area contributed by atoms with Gasteiger partial charge in [-0.1, -0.05) is 6.42 Å². The quantitative estimate of drug-likeness (QED) is 0.831. The Balaban J connectivity index is 1.93. The van der Waals surface area contributed by atoms with Crippen LogP contribution in [0.15, 0.2) is 0 Å². The number of hydrogen-bond donors (Lipinski definition) is 1. The zero-order chi connectivity index (χ0) is 13.1. The Morgan fingerprint density at radius 1 is 1.39 bits per heavy atom. The van der Waals surface area contributed by atoms with Crippen molar-refractivity contribution < 1.29 is 9.90 Å². The Morgan fingerprint density at radius 2 is 2.17 bits per heavy atom. The summed E-state index contributed by atoms with van der Waals surface area (Å²) in [7, 11) is 2.20. The predicted octanol–water partition coefficient (Wildman–Crippen LogP) is 1.80. The van der Waals surface area contributed by atoms with E-state index < -0.39 is 5.97 Å². The molecule has 2 aliphatic rings. The first-order valence-corrected chi connectivity index (χ1v) is 7.25. The summed E-state index contributed by atoms with van der Waals surface area (Å²) in [4.78, 5) is 15.8. The van der Waals surface area contributed by atoms with Crippen LogP contribution in [-0.2, 0) is 4.79 Å². The van der Waals surface area contributed by atoms with E-state index in [2.05, 4.69) is 23.8 Å². The van der Waals surface area contributed by atoms with Gasteiger partial charge in [0.15, 0.2) is 0 Å². The van der Waals surface area contributed by atoms with Crippen LogP contribution in [0.3, 0.4) is 0 Å². The van der Waals surface area contributed by atoms with Crippen LogP contribution in [0.4, 0.5) is 0 Å². The Morgan fingerprint density at radius 3 is 2.78 bits per heavy atom. The molecule has 0 bridgehead atoms. The lowest BCUT2D eigenvalue weighted by Crippen LogP contribution is -2.47. The SMILES string of the molecule is CC1CC(N2CCCCC2CCC(=O)O)CN1C. The molecular formula is C14H26N2O2. The molecule has 2 saturated heterocycles. The van der Waals surface area contributed by atoms with Gasteiger partial charge in [0, 0.05) is 31.1 Å². The van der Waals surface area contributed by atoms with Crippen molar-refractivity contribution >= 4 is 5.97 Å². The molecule has 1 N–H and O–H groups in total. The highest BCUT2D eigenvalue weighted by molar-refractivity contribution is 5.66. The summed E-state index contributed by atoms with van der Waals surface area (Å²) in [6, 6.07) is 1.81. The molecule has 0 spiro atoms. The van der Waals surface area contributed by atoms with E-state index in [1.54, 1.807) is 0 Å². The van der Waals surface area contributed by atoms with Crippen molar-refractivity contribution in [2.45, 2.75) is 63.6 Å². The number of piperidine rings is 1. The maximum absolute atomic E-state index is 10.7. The summed E-state index contributed by atoms with van der Waals surface area (Å²) in [5, 5.41) is 8.85. The molecule has 2 heterocycles. The molecule has 3 atom stereocenters. The lowest BCUT2D eigenvalue weighted by atomic mass is 9.95. The van der Waals surface area contributed by atoms with Crippen LogP contribution in [0.5, 0.6) is 0 Å². The van der Waals surface area contributed by atoms with Crippen molar-refractivity contribution in [1.82, 2.24) is 9.80 Å². The van der Waals surface area contributed by atoms with Crippen LogP contribution in [-0.4, -0.2) is 59.1 Å². The van der Waals surface area contributed by atoms with Crippen LogP contribution in [0.2, 0.25) is 0 Å². The van der Waals surface area contributed by atoms with E-state index in [0.29, 0.717) is 24.5 Å². The summed E-state index contributed by atoms with van der Waals surface area (Å²) >= 11 is 0. The van der Waals surface area contributed by atoms with Crippen LogP contribution < -0.4 is 0 Å². The number of aliphatic carboxylic acids is 1. The normalized spacial score (nSPS) is 34.9. The van der Waals surface area contributed by atoms with Gasteiger partial charge >= 0.3 is 5.97 Å². The van der Waals surface area contributed by atoms with Gasteiger partial charge in [-0.25, -0.2) is 0 Å². The predicted molar refractivity (Wildman–Crippen MR) is 71.7 cm³/mol. The van der Waals surface area contributed by atoms with Gasteiger partial charge in [0.1, 0.15) is 0 Å². The number of carboxylic acids is 1. The van der Waals surface area contributed by atoms with Crippen molar-refractivity contribution in [3.05, 3.63) is 0 Å². The molecule has 2 aliphatic heterocycles. The Kier molecular flexibility index (Phi) is 4.62. The zero-order valence-electron chi connectivity index (χ0n) is 11.6. The second kappa shape index (κ2) is 6.02. The Hall–Kier alpha value is -0.610. The number of likely N-dealkylation sites (tertiary alicyclic amines) is 2. The average Bonchev–Trinajstić information content (AvgIpc) is 2.67. The summed E-state index contributed by atoms with van der Waals surface area (Å²) in [6.45, 7) is 4.59. The largest absolute Gasteiger partial charge is 0.481 e.